The number of hydrogen-bond donors (Lipinski definition) is 3. The number of halogens is 4. The first-order chi connectivity index (χ1) is 8.20. The fourth-order valence-corrected chi connectivity index (χ4v) is 1.73. The van der Waals surface area contributed by atoms with Gasteiger partial charge in [-0.15, -0.1) is 0 Å². The van der Waals surface area contributed by atoms with Crippen molar-refractivity contribution in [2.24, 2.45) is 27.2 Å². The second-order valence-corrected chi connectivity index (χ2v) is 4.33. The van der Waals surface area contributed by atoms with Crippen molar-refractivity contribution in [2.75, 3.05) is 0 Å². The molecule has 0 radical (unpaired) electrons. The molecule has 18 heavy (non-hydrogen) atoms. The molecule has 0 fully saturated rings. The van der Waals surface area contributed by atoms with E-state index in [1.54, 1.807) is 22.6 Å². The molecule has 0 heterocycles. The number of nitrogens with two attached hydrogens (primary N) is 3. The maximum absolute atomic E-state index is 12.6. The minimum Gasteiger partial charge on any atom is -0.370 e. The van der Waals surface area contributed by atoms with E-state index in [-0.39, 0.29) is 21.2 Å². The summed E-state index contributed by atoms with van der Waals surface area (Å²) in [4.78, 5) is 7.06. The van der Waals surface area contributed by atoms with E-state index in [2.05, 4.69) is 9.98 Å². The maximum atomic E-state index is 12.6. The Morgan fingerprint density at radius 2 is 1.78 bits per heavy atom. The highest BCUT2D eigenvalue weighted by molar-refractivity contribution is 14.1. The van der Waals surface area contributed by atoms with Gasteiger partial charge in [0.05, 0.1) is 11.3 Å². The molecule has 0 aliphatic carbocycles. The van der Waals surface area contributed by atoms with Crippen LogP contribution in [0, 0.1) is 3.57 Å². The first-order valence-corrected chi connectivity index (χ1v) is 5.58. The molecule has 9 heteroatoms. The number of aliphatic imine (C=N–C) groups is 2. The van der Waals surface area contributed by atoms with Crippen molar-refractivity contribution in [3.63, 3.8) is 0 Å². The molecule has 1 aromatic rings. The van der Waals surface area contributed by atoms with Gasteiger partial charge in [-0.05, 0) is 40.8 Å². The summed E-state index contributed by atoms with van der Waals surface area (Å²) >= 11 is 1.59. The van der Waals surface area contributed by atoms with Crippen molar-refractivity contribution < 1.29 is 13.2 Å². The third-order valence-corrected chi connectivity index (χ3v) is 2.68. The van der Waals surface area contributed by atoms with E-state index in [1.165, 1.54) is 12.1 Å². The van der Waals surface area contributed by atoms with Crippen molar-refractivity contribution in [2.45, 2.75) is 6.18 Å². The van der Waals surface area contributed by atoms with Crippen LogP contribution in [0.25, 0.3) is 0 Å². The lowest BCUT2D eigenvalue weighted by molar-refractivity contribution is -0.138. The second kappa shape index (κ2) is 5.42. The topological polar surface area (TPSA) is 103 Å². The molecule has 0 amide bonds. The monoisotopic (exact) mass is 371 g/mol. The van der Waals surface area contributed by atoms with E-state index in [1.807, 2.05) is 0 Å². The zero-order valence-corrected chi connectivity index (χ0v) is 11.0. The minimum absolute atomic E-state index is 0.0187. The summed E-state index contributed by atoms with van der Waals surface area (Å²) in [7, 11) is 0. The molecule has 6 N–H and O–H groups in total. The number of rotatable bonds is 1. The zero-order valence-electron chi connectivity index (χ0n) is 8.87. The fraction of sp³-hybridized carbons (Fsp3) is 0.111. The minimum atomic E-state index is -4.45. The molecule has 0 unspecified atom stereocenters. The van der Waals surface area contributed by atoms with Gasteiger partial charge in [0.15, 0.2) is 5.96 Å². The first kappa shape index (κ1) is 14.5. The Morgan fingerprint density at radius 1 is 1.17 bits per heavy atom. The van der Waals surface area contributed by atoms with Crippen molar-refractivity contribution in [1.29, 1.82) is 0 Å². The average Bonchev–Trinajstić information content (AvgIpc) is 2.17. The lowest BCUT2D eigenvalue weighted by Gasteiger charge is -2.09. The van der Waals surface area contributed by atoms with Gasteiger partial charge >= 0.3 is 6.18 Å². The van der Waals surface area contributed by atoms with E-state index in [0.29, 0.717) is 0 Å². The normalized spacial score (nSPS) is 12.3. The lowest BCUT2D eigenvalue weighted by atomic mass is 10.2. The van der Waals surface area contributed by atoms with Gasteiger partial charge in [-0.1, -0.05) is 0 Å². The van der Waals surface area contributed by atoms with Gasteiger partial charge in [-0.25, -0.2) is 4.99 Å². The zero-order chi connectivity index (χ0) is 13.9. The van der Waals surface area contributed by atoms with Crippen LogP contribution in [0.3, 0.4) is 0 Å². The van der Waals surface area contributed by atoms with Crippen LogP contribution in [0.15, 0.2) is 28.2 Å². The Hall–Kier alpha value is -1.52. The summed E-state index contributed by atoms with van der Waals surface area (Å²) in [6.07, 6.45) is -4.45. The standard InChI is InChI=1S/C9H9F3IN5/c10-9(11,12)5-3-4(1-2-6(5)13)17-8(16)18-7(14)15/h1-3H,(H6,14,15,16,17,18). The quantitative estimate of drug-likeness (QED) is 0.396. The summed E-state index contributed by atoms with van der Waals surface area (Å²) in [5.74, 6) is -0.637. The predicted molar refractivity (Wildman–Crippen MR) is 71.3 cm³/mol. The summed E-state index contributed by atoms with van der Waals surface area (Å²) < 4.78 is 37.9. The highest BCUT2D eigenvalue weighted by Crippen LogP contribution is 2.35. The van der Waals surface area contributed by atoms with Crippen LogP contribution in [0.1, 0.15) is 5.56 Å². The van der Waals surface area contributed by atoms with E-state index >= 15 is 0 Å². The summed E-state index contributed by atoms with van der Waals surface area (Å²) in [5, 5.41) is 0. The third-order valence-electron chi connectivity index (χ3n) is 1.74. The molecule has 0 spiro atoms. The molecule has 1 aromatic carbocycles. The fourth-order valence-electron chi connectivity index (χ4n) is 1.09. The second-order valence-electron chi connectivity index (χ2n) is 3.17. The molecule has 5 nitrogen and oxygen atoms in total. The van der Waals surface area contributed by atoms with Gasteiger partial charge in [-0.2, -0.15) is 18.2 Å². The van der Waals surface area contributed by atoms with Gasteiger partial charge in [0.1, 0.15) is 0 Å². The first-order valence-electron chi connectivity index (χ1n) is 4.50. The van der Waals surface area contributed by atoms with Gasteiger partial charge in [-0.3, -0.25) is 0 Å². The molecular formula is C9H9F3IN5. The molecule has 1 rings (SSSR count). The molecule has 98 valence electrons. The predicted octanol–water partition coefficient (Wildman–Crippen LogP) is 1.53. The third kappa shape index (κ3) is 4.05. The Morgan fingerprint density at radius 3 is 2.28 bits per heavy atom. The van der Waals surface area contributed by atoms with E-state index in [4.69, 9.17) is 17.2 Å². The van der Waals surface area contributed by atoms with Gasteiger partial charge in [0.2, 0.25) is 5.96 Å². The molecule has 0 saturated heterocycles. The van der Waals surface area contributed by atoms with Gasteiger partial charge in [0, 0.05) is 3.57 Å². The molecular weight excluding hydrogens is 362 g/mol. The highest BCUT2D eigenvalue weighted by Gasteiger charge is 2.33. The number of alkyl halides is 3. The molecule has 0 saturated carbocycles. The van der Waals surface area contributed by atoms with Crippen molar-refractivity contribution in [3.05, 3.63) is 27.3 Å². The SMILES string of the molecule is NC(N)=NC(N)=Nc1ccc(I)c(C(F)(F)F)c1. The molecule has 0 aliphatic heterocycles. The van der Waals surface area contributed by atoms with Crippen LogP contribution in [-0.4, -0.2) is 11.9 Å². The Balaban J connectivity index is 3.18. The number of benzene rings is 1. The number of nitrogens with zero attached hydrogens (tertiary/aromatic N) is 2. The smallest absolute Gasteiger partial charge is 0.370 e. The van der Waals surface area contributed by atoms with Crippen molar-refractivity contribution in [3.8, 4) is 0 Å². The van der Waals surface area contributed by atoms with Crippen LogP contribution < -0.4 is 17.2 Å². The van der Waals surface area contributed by atoms with Gasteiger partial charge < -0.3 is 17.2 Å². The summed E-state index contributed by atoms with van der Waals surface area (Å²) in [6.45, 7) is 0. The Bertz CT molecular complexity index is 505. The summed E-state index contributed by atoms with van der Waals surface area (Å²) in [5.41, 5.74) is 14.7. The molecule has 0 atom stereocenters. The highest BCUT2D eigenvalue weighted by atomic mass is 127. The molecule has 0 aromatic heterocycles. The number of guanidine groups is 2. The van der Waals surface area contributed by atoms with Crippen LogP contribution in [0.2, 0.25) is 0 Å². The Labute approximate surface area is 114 Å². The van der Waals surface area contributed by atoms with Crippen molar-refractivity contribution >= 4 is 40.2 Å². The molecule has 0 bridgehead atoms. The van der Waals surface area contributed by atoms with Crippen LogP contribution in [0.4, 0.5) is 18.9 Å². The molecule has 0 aliphatic rings. The Kier molecular flexibility index (Phi) is 4.38. The van der Waals surface area contributed by atoms with E-state index < -0.39 is 11.7 Å². The largest absolute Gasteiger partial charge is 0.417 e. The van der Waals surface area contributed by atoms with E-state index in [9.17, 15) is 13.2 Å². The van der Waals surface area contributed by atoms with Crippen molar-refractivity contribution in [1.82, 2.24) is 0 Å². The maximum Gasteiger partial charge on any atom is 0.417 e. The van der Waals surface area contributed by atoms with Crippen LogP contribution >= 0.6 is 22.6 Å². The number of hydrogen-bond acceptors (Lipinski definition) is 1. The summed E-state index contributed by atoms with van der Waals surface area (Å²) in [6, 6.07) is 3.54. The van der Waals surface area contributed by atoms with E-state index in [0.717, 1.165) is 6.07 Å². The average molecular weight is 371 g/mol. The lowest BCUT2D eigenvalue weighted by Crippen LogP contribution is -2.26. The van der Waals surface area contributed by atoms with Crippen LogP contribution in [-0.2, 0) is 6.18 Å². The van der Waals surface area contributed by atoms with Crippen LogP contribution in [0.5, 0.6) is 0 Å². The van der Waals surface area contributed by atoms with Gasteiger partial charge in [0.25, 0.3) is 0 Å².